The third-order valence-electron chi connectivity index (χ3n) is 4.80. The highest BCUT2D eigenvalue weighted by molar-refractivity contribution is 5.04. The number of nitrogens with one attached hydrogen (secondary N) is 1. The molecule has 1 saturated carbocycles. The molecular formula is C17H31N3. The molecule has 1 heterocycles. The molecule has 0 saturated heterocycles. The monoisotopic (exact) mass is 277 g/mol. The number of nitrogens with zero attached hydrogens (tertiary/aromatic N) is 2. The first-order chi connectivity index (χ1) is 9.67. The highest BCUT2D eigenvalue weighted by Gasteiger charge is 2.24. The molecule has 0 aliphatic heterocycles. The zero-order valence-electron chi connectivity index (χ0n) is 13.5. The van der Waals surface area contributed by atoms with Crippen LogP contribution in [-0.4, -0.2) is 22.9 Å². The van der Waals surface area contributed by atoms with Crippen LogP contribution in [0.1, 0.15) is 71.0 Å². The molecular weight excluding hydrogens is 246 g/mol. The van der Waals surface area contributed by atoms with E-state index in [2.05, 4.69) is 43.0 Å². The van der Waals surface area contributed by atoms with Gasteiger partial charge in [-0.05, 0) is 50.1 Å². The Morgan fingerprint density at radius 1 is 1.35 bits per heavy atom. The summed E-state index contributed by atoms with van der Waals surface area (Å²) in [4.78, 5) is 0. The summed E-state index contributed by atoms with van der Waals surface area (Å²) < 4.78 is 2.22. The van der Waals surface area contributed by atoms with Crippen LogP contribution in [0.3, 0.4) is 0 Å². The highest BCUT2D eigenvalue weighted by atomic mass is 15.3. The summed E-state index contributed by atoms with van der Waals surface area (Å²) in [5, 5.41) is 8.42. The van der Waals surface area contributed by atoms with Crippen LogP contribution >= 0.6 is 0 Å². The van der Waals surface area contributed by atoms with Crippen molar-refractivity contribution < 1.29 is 0 Å². The van der Waals surface area contributed by atoms with Gasteiger partial charge in [-0.1, -0.05) is 33.6 Å². The van der Waals surface area contributed by atoms with Crippen molar-refractivity contribution in [3.05, 3.63) is 18.0 Å². The van der Waals surface area contributed by atoms with Gasteiger partial charge in [-0.3, -0.25) is 4.68 Å². The van der Waals surface area contributed by atoms with Crippen LogP contribution in [0.25, 0.3) is 0 Å². The SMILES string of the molecule is CCCNCC(C)(CC)Cc1ccn(C2CCCC2)n1. The van der Waals surface area contributed by atoms with Gasteiger partial charge in [0.05, 0.1) is 11.7 Å². The van der Waals surface area contributed by atoms with E-state index < -0.39 is 0 Å². The second-order valence-corrected chi connectivity index (χ2v) is 6.74. The van der Waals surface area contributed by atoms with E-state index in [-0.39, 0.29) is 0 Å². The normalized spacial score (nSPS) is 19.4. The molecule has 0 aromatic carbocycles. The fourth-order valence-corrected chi connectivity index (χ4v) is 3.16. The Morgan fingerprint density at radius 2 is 2.10 bits per heavy atom. The van der Waals surface area contributed by atoms with Crippen molar-refractivity contribution in [2.75, 3.05) is 13.1 Å². The molecule has 3 heteroatoms. The third kappa shape index (κ3) is 4.08. The maximum atomic E-state index is 4.84. The van der Waals surface area contributed by atoms with Crippen molar-refractivity contribution in [2.45, 2.75) is 71.8 Å². The molecule has 0 amide bonds. The van der Waals surface area contributed by atoms with Crippen molar-refractivity contribution in [2.24, 2.45) is 5.41 Å². The first-order valence-corrected chi connectivity index (χ1v) is 8.41. The summed E-state index contributed by atoms with van der Waals surface area (Å²) in [6.45, 7) is 9.10. The van der Waals surface area contributed by atoms with Gasteiger partial charge in [0.25, 0.3) is 0 Å². The number of aromatic nitrogens is 2. The van der Waals surface area contributed by atoms with Gasteiger partial charge in [0, 0.05) is 12.7 Å². The lowest BCUT2D eigenvalue weighted by atomic mass is 9.82. The van der Waals surface area contributed by atoms with Crippen LogP contribution in [0.4, 0.5) is 0 Å². The Hall–Kier alpha value is -0.830. The Kier molecular flexibility index (Phi) is 5.64. The maximum absolute atomic E-state index is 4.84. The first kappa shape index (κ1) is 15.6. The minimum absolute atomic E-state index is 0.323. The molecule has 3 nitrogen and oxygen atoms in total. The van der Waals surface area contributed by atoms with Crippen LogP contribution in [0.15, 0.2) is 12.3 Å². The number of hydrogen-bond acceptors (Lipinski definition) is 2. The molecule has 1 aromatic heterocycles. The topological polar surface area (TPSA) is 29.9 Å². The Bertz CT molecular complexity index is 393. The summed E-state index contributed by atoms with van der Waals surface area (Å²) in [7, 11) is 0. The molecule has 0 spiro atoms. The van der Waals surface area contributed by atoms with Crippen molar-refractivity contribution >= 4 is 0 Å². The van der Waals surface area contributed by atoms with Crippen molar-refractivity contribution in [3.8, 4) is 0 Å². The molecule has 1 N–H and O–H groups in total. The highest BCUT2D eigenvalue weighted by Crippen LogP contribution is 2.30. The molecule has 1 atom stereocenters. The lowest BCUT2D eigenvalue weighted by molar-refractivity contribution is 0.286. The maximum Gasteiger partial charge on any atom is 0.0630 e. The fraction of sp³-hybridized carbons (Fsp3) is 0.824. The second-order valence-electron chi connectivity index (χ2n) is 6.74. The van der Waals surface area contributed by atoms with E-state index in [1.165, 1.54) is 44.2 Å². The third-order valence-corrected chi connectivity index (χ3v) is 4.80. The Morgan fingerprint density at radius 3 is 2.75 bits per heavy atom. The van der Waals surface area contributed by atoms with Gasteiger partial charge in [0.15, 0.2) is 0 Å². The molecule has 20 heavy (non-hydrogen) atoms. The van der Waals surface area contributed by atoms with Gasteiger partial charge in [-0.2, -0.15) is 5.10 Å². The van der Waals surface area contributed by atoms with E-state index in [9.17, 15) is 0 Å². The predicted molar refractivity (Wildman–Crippen MR) is 85.0 cm³/mol. The minimum Gasteiger partial charge on any atom is -0.316 e. The van der Waals surface area contributed by atoms with Gasteiger partial charge >= 0.3 is 0 Å². The van der Waals surface area contributed by atoms with Crippen molar-refractivity contribution in [1.82, 2.24) is 15.1 Å². The van der Waals surface area contributed by atoms with E-state index in [0.717, 1.165) is 19.5 Å². The Labute approximate surface area is 124 Å². The summed E-state index contributed by atoms with van der Waals surface area (Å²) in [6.07, 6.45) is 11.0. The van der Waals surface area contributed by atoms with Gasteiger partial charge < -0.3 is 5.32 Å². The summed E-state index contributed by atoms with van der Waals surface area (Å²) in [6, 6.07) is 2.89. The smallest absolute Gasteiger partial charge is 0.0630 e. The standard InChI is InChI=1S/C17H31N3/c1-4-11-18-14-17(3,5-2)13-15-10-12-20(19-15)16-8-6-7-9-16/h10,12,16,18H,4-9,11,13-14H2,1-3H3. The molecule has 1 fully saturated rings. The van der Waals surface area contributed by atoms with Gasteiger partial charge in [0.2, 0.25) is 0 Å². The zero-order valence-corrected chi connectivity index (χ0v) is 13.5. The summed E-state index contributed by atoms with van der Waals surface area (Å²) >= 11 is 0. The van der Waals surface area contributed by atoms with Crippen LogP contribution in [0.2, 0.25) is 0 Å². The predicted octanol–water partition coefficient (Wildman–Crippen LogP) is 3.96. The summed E-state index contributed by atoms with van der Waals surface area (Å²) in [5.74, 6) is 0. The first-order valence-electron chi connectivity index (χ1n) is 8.41. The van der Waals surface area contributed by atoms with Crippen LogP contribution in [0.5, 0.6) is 0 Å². The Balaban J connectivity index is 1.93. The number of hydrogen-bond donors (Lipinski definition) is 1. The average Bonchev–Trinajstić information content (AvgIpc) is 3.09. The molecule has 1 unspecified atom stereocenters. The molecule has 0 radical (unpaired) electrons. The quantitative estimate of drug-likeness (QED) is 0.729. The largest absolute Gasteiger partial charge is 0.316 e. The molecule has 0 bridgehead atoms. The van der Waals surface area contributed by atoms with Crippen LogP contribution in [-0.2, 0) is 6.42 Å². The van der Waals surface area contributed by atoms with Crippen LogP contribution in [0, 0.1) is 5.41 Å². The van der Waals surface area contributed by atoms with E-state index in [4.69, 9.17) is 5.10 Å². The van der Waals surface area contributed by atoms with Gasteiger partial charge in [-0.25, -0.2) is 0 Å². The van der Waals surface area contributed by atoms with Crippen molar-refractivity contribution in [1.29, 1.82) is 0 Å². The van der Waals surface area contributed by atoms with Gasteiger partial charge in [-0.15, -0.1) is 0 Å². The second kappa shape index (κ2) is 7.26. The molecule has 1 aliphatic rings. The van der Waals surface area contributed by atoms with Crippen molar-refractivity contribution in [3.63, 3.8) is 0 Å². The van der Waals surface area contributed by atoms with E-state index in [1.807, 2.05) is 0 Å². The molecule has 2 rings (SSSR count). The number of rotatable bonds is 8. The van der Waals surface area contributed by atoms with Gasteiger partial charge in [0.1, 0.15) is 0 Å². The molecule has 1 aromatic rings. The fourth-order valence-electron chi connectivity index (χ4n) is 3.16. The lowest BCUT2D eigenvalue weighted by Crippen LogP contribution is -2.33. The molecule has 114 valence electrons. The van der Waals surface area contributed by atoms with E-state index >= 15 is 0 Å². The van der Waals surface area contributed by atoms with E-state index in [1.54, 1.807) is 0 Å². The minimum atomic E-state index is 0.323. The molecule has 1 aliphatic carbocycles. The van der Waals surface area contributed by atoms with E-state index in [0.29, 0.717) is 11.5 Å². The lowest BCUT2D eigenvalue weighted by Gasteiger charge is -2.28. The average molecular weight is 277 g/mol. The van der Waals surface area contributed by atoms with Crippen LogP contribution < -0.4 is 5.32 Å². The zero-order chi connectivity index (χ0) is 14.4. The summed E-state index contributed by atoms with van der Waals surface area (Å²) in [5.41, 5.74) is 1.59.